The number of nitrogens with zero attached hydrogens (tertiary/aromatic N) is 3. The topological polar surface area (TPSA) is 64.2 Å². The molecule has 1 aromatic rings. The molecule has 2 rings (SSSR count). The lowest BCUT2D eigenvalue weighted by Gasteiger charge is -2.37. The molecule has 1 saturated heterocycles. The number of hydrogen-bond acceptors (Lipinski definition) is 3. The minimum Gasteiger partial charge on any atom is -0.333 e. The summed E-state index contributed by atoms with van der Waals surface area (Å²) in [6.07, 6.45) is 2.05. The molecule has 6 heteroatoms. The van der Waals surface area contributed by atoms with E-state index in [1.54, 1.807) is 4.68 Å². The third-order valence-corrected chi connectivity index (χ3v) is 4.22. The summed E-state index contributed by atoms with van der Waals surface area (Å²) >= 11 is 0. The number of hydrogen-bond donors (Lipinski definition) is 1. The van der Waals surface area contributed by atoms with Crippen LogP contribution in [0.25, 0.3) is 0 Å². The molecule has 1 aliphatic heterocycles. The Morgan fingerprint density at radius 2 is 2.19 bits per heavy atom. The third-order valence-electron chi connectivity index (χ3n) is 4.22. The number of halogens is 1. The van der Waals surface area contributed by atoms with Crippen LogP contribution in [0.4, 0.5) is 0 Å². The Balaban J connectivity index is 0.00000220. The summed E-state index contributed by atoms with van der Waals surface area (Å²) in [5.41, 5.74) is 7.48. The van der Waals surface area contributed by atoms with Gasteiger partial charge in [-0.3, -0.25) is 9.48 Å². The Kier molecular flexibility index (Phi) is 6.23. The van der Waals surface area contributed by atoms with Gasteiger partial charge in [0.2, 0.25) is 0 Å². The van der Waals surface area contributed by atoms with E-state index >= 15 is 0 Å². The van der Waals surface area contributed by atoms with E-state index in [4.69, 9.17) is 5.73 Å². The Hall–Kier alpha value is -1.07. The first-order chi connectivity index (χ1) is 9.43. The van der Waals surface area contributed by atoms with Crippen molar-refractivity contribution in [1.82, 2.24) is 14.7 Å². The van der Waals surface area contributed by atoms with Gasteiger partial charge in [0.15, 0.2) is 0 Å². The van der Waals surface area contributed by atoms with E-state index in [-0.39, 0.29) is 24.4 Å². The Labute approximate surface area is 133 Å². The summed E-state index contributed by atoms with van der Waals surface area (Å²) in [5.74, 6) is 1.04. The van der Waals surface area contributed by atoms with Crippen LogP contribution in [-0.2, 0) is 7.05 Å². The maximum absolute atomic E-state index is 12.7. The largest absolute Gasteiger partial charge is 0.333 e. The van der Waals surface area contributed by atoms with Gasteiger partial charge < -0.3 is 10.6 Å². The van der Waals surface area contributed by atoms with Crippen LogP contribution in [0.3, 0.4) is 0 Å². The van der Waals surface area contributed by atoms with E-state index < -0.39 is 0 Å². The molecule has 5 nitrogen and oxygen atoms in total. The molecule has 0 radical (unpaired) electrons. The minimum absolute atomic E-state index is 0. The zero-order chi connectivity index (χ0) is 14.9. The molecule has 0 spiro atoms. The van der Waals surface area contributed by atoms with Gasteiger partial charge in [0, 0.05) is 26.2 Å². The van der Waals surface area contributed by atoms with Crippen molar-refractivity contribution in [2.24, 2.45) is 18.7 Å². The van der Waals surface area contributed by atoms with Crippen LogP contribution >= 0.6 is 12.4 Å². The highest BCUT2D eigenvalue weighted by molar-refractivity contribution is 5.93. The van der Waals surface area contributed by atoms with E-state index in [1.807, 2.05) is 18.0 Å². The van der Waals surface area contributed by atoms with E-state index in [1.165, 1.54) is 0 Å². The van der Waals surface area contributed by atoms with Gasteiger partial charge in [0.1, 0.15) is 5.69 Å². The van der Waals surface area contributed by atoms with Gasteiger partial charge in [0.25, 0.3) is 5.91 Å². The second-order valence-electron chi connectivity index (χ2n) is 6.25. The summed E-state index contributed by atoms with van der Waals surface area (Å²) in [4.78, 5) is 14.7. The summed E-state index contributed by atoms with van der Waals surface area (Å²) < 4.78 is 1.70. The second-order valence-corrected chi connectivity index (χ2v) is 6.25. The lowest BCUT2D eigenvalue weighted by Crippen LogP contribution is -2.49. The standard InChI is InChI=1S/C15H26N4O.ClH/c1-10(2)13-8-14(18(4)17-13)15(20)19-6-5-11(3)7-12(19)9-16;/h8,10-12H,5-7,9,16H2,1-4H3;1H. The number of piperidine rings is 1. The number of carbonyl (C=O) groups excluding carboxylic acids is 1. The Morgan fingerprint density at radius 1 is 1.52 bits per heavy atom. The highest BCUT2D eigenvalue weighted by Gasteiger charge is 2.31. The van der Waals surface area contributed by atoms with Crippen molar-refractivity contribution in [3.05, 3.63) is 17.5 Å². The fourth-order valence-electron chi connectivity index (χ4n) is 2.86. The van der Waals surface area contributed by atoms with Gasteiger partial charge in [-0.15, -0.1) is 12.4 Å². The maximum Gasteiger partial charge on any atom is 0.272 e. The van der Waals surface area contributed by atoms with Gasteiger partial charge in [-0.1, -0.05) is 20.8 Å². The van der Waals surface area contributed by atoms with E-state index in [9.17, 15) is 4.79 Å². The zero-order valence-corrected chi connectivity index (χ0v) is 14.2. The van der Waals surface area contributed by atoms with Crippen molar-refractivity contribution in [3.8, 4) is 0 Å². The molecule has 1 aromatic heterocycles. The first-order valence-electron chi connectivity index (χ1n) is 7.49. The number of rotatable bonds is 3. The van der Waals surface area contributed by atoms with Crippen molar-refractivity contribution < 1.29 is 4.79 Å². The average molecular weight is 315 g/mol. The molecule has 21 heavy (non-hydrogen) atoms. The summed E-state index contributed by atoms with van der Waals surface area (Å²) in [6, 6.07) is 2.07. The summed E-state index contributed by atoms with van der Waals surface area (Å²) in [6.45, 7) is 7.73. The highest BCUT2D eigenvalue weighted by atomic mass is 35.5. The number of amides is 1. The molecule has 0 aliphatic carbocycles. The number of carbonyl (C=O) groups is 1. The predicted octanol–water partition coefficient (Wildman–Crippen LogP) is 2.16. The van der Waals surface area contributed by atoms with Crippen molar-refractivity contribution in [2.45, 2.75) is 45.6 Å². The van der Waals surface area contributed by atoms with Crippen LogP contribution in [0, 0.1) is 5.92 Å². The van der Waals surface area contributed by atoms with Gasteiger partial charge in [-0.2, -0.15) is 5.10 Å². The summed E-state index contributed by atoms with van der Waals surface area (Å²) in [7, 11) is 1.84. The van der Waals surface area contributed by atoms with E-state index in [0.717, 1.165) is 25.1 Å². The number of aryl methyl sites for hydroxylation is 1. The lowest BCUT2D eigenvalue weighted by atomic mass is 9.92. The normalized spacial score (nSPS) is 22.3. The molecule has 2 N–H and O–H groups in total. The first-order valence-corrected chi connectivity index (χ1v) is 7.49. The maximum atomic E-state index is 12.7. The molecule has 0 bridgehead atoms. The van der Waals surface area contributed by atoms with Crippen molar-refractivity contribution in [3.63, 3.8) is 0 Å². The van der Waals surface area contributed by atoms with Crippen LogP contribution in [-0.4, -0.2) is 39.7 Å². The Morgan fingerprint density at radius 3 is 2.71 bits per heavy atom. The molecule has 2 heterocycles. The second kappa shape index (κ2) is 7.27. The number of likely N-dealkylation sites (tertiary alicyclic amines) is 1. The highest BCUT2D eigenvalue weighted by Crippen LogP contribution is 2.24. The quantitative estimate of drug-likeness (QED) is 0.930. The minimum atomic E-state index is 0. The van der Waals surface area contributed by atoms with Crippen molar-refractivity contribution in [1.29, 1.82) is 0 Å². The van der Waals surface area contributed by atoms with Crippen molar-refractivity contribution in [2.75, 3.05) is 13.1 Å². The lowest BCUT2D eigenvalue weighted by molar-refractivity contribution is 0.0562. The van der Waals surface area contributed by atoms with Gasteiger partial charge in [-0.05, 0) is 30.7 Å². The molecule has 1 amide bonds. The zero-order valence-electron chi connectivity index (χ0n) is 13.4. The van der Waals surface area contributed by atoms with Gasteiger partial charge in [0.05, 0.1) is 5.69 Å². The van der Waals surface area contributed by atoms with E-state index in [0.29, 0.717) is 24.1 Å². The molecule has 2 unspecified atom stereocenters. The molecule has 2 atom stereocenters. The number of nitrogens with two attached hydrogens (primary N) is 1. The monoisotopic (exact) mass is 314 g/mol. The molecule has 0 aromatic carbocycles. The fraction of sp³-hybridized carbons (Fsp3) is 0.733. The van der Waals surface area contributed by atoms with Crippen LogP contribution in [0.15, 0.2) is 6.07 Å². The predicted molar refractivity (Wildman–Crippen MR) is 86.8 cm³/mol. The molecule has 120 valence electrons. The SMILES string of the molecule is CC1CCN(C(=O)c2cc(C(C)C)nn2C)C(CN)C1.Cl. The first kappa shape index (κ1) is 18.0. The van der Waals surface area contributed by atoms with Gasteiger partial charge >= 0.3 is 0 Å². The Bertz CT molecular complexity index is 486. The number of aromatic nitrogens is 2. The van der Waals surface area contributed by atoms with Crippen LogP contribution < -0.4 is 5.73 Å². The van der Waals surface area contributed by atoms with Gasteiger partial charge in [-0.25, -0.2) is 0 Å². The molecule has 1 aliphatic rings. The smallest absolute Gasteiger partial charge is 0.272 e. The van der Waals surface area contributed by atoms with Crippen LogP contribution in [0.5, 0.6) is 0 Å². The molecule has 1 fully saturated rings. The summed E-state index contributed by atoms with van der Waals surface area (Å²) in [5, 5.41) is 4.43. The molecule has 0 saturated carbocycles. The van der Waals surface area contributed by atoms with Crippen LogP contribution in [0.2, 0.25) is 0 Å². The molecular weight excluding hydrogens is 288 g/mol. The fourth-order valence-corrected chi connectivity index (χ4v) is 2.86. The molecular formula is C15H27ClN4O. The third kappa shape index (κ3) is 3.77. The average Bonchev–Trinajstić information content (AvgIpc) is 2.80. The van der Waals surface area contributed by atoms with E-state index in [2.05, 4.69) is 25.9 Å². The van der Waals surface area contributed by atoms with Crippen molar-refractivity contribution >= 4 is 18.3 Å². The van der Waals surface area contributed by atoms with Crippen LogP contribution in [0.1, 0.15) is 55.7 Å².